The van der Waals surface area contributed by atoms with E-state index in [4.69, 9.17) is 4.74 Å². The molecule has 1 atom stereocenters. The summed E-state index contributed by atoms with van der Waals surface area (Å²) in [5, 5.41) is 3.52. The van der Waals surface area contributed by atoms with E-state index in [1.807, 2.05) is 0 Å². The maximum Gasteiger partial charge on any atom is 0.421 e. The number of carbonyl (C=O) groups excluding carboxylic acids is 1. The first kappa shape index (κ1) is 19.5. The molecule has 0 unspecified atom stereocenters. The number of hydrogen-bond acceptors (Lipinski definition) is 4. The van der Waals surface area contributed by atoms with Gasteiger partial charge in [0.05, 0.1) is 16.7 Å². The molecule has 0 radical (unpaired) electrons. The lowest BCUT2D eigenvalue weighted by molar-refractivity contribution is -0.137. The van der Waals surface area contributed by atoms with E-state index in [0.717, 1.165) is 37.3 Å². The van der Waals surface area contributed by atoms with Gasteiger partial charge in [-0.1, -0.05) is 0 Å². The third-order valence-electron chi connectivity index (χ3n) is 6.25. The molecular weight excluding hydrogens is 389 g/mol. The van der Waals surface area contributed by atoms with Gasteiger partial charge in [0.2, 0.25) is 0 Å². The Bertz CT molecular complexity index is 914. The van der Waals surface area contributed by atoms with Gasteiger partial charge in [-0.05, 0) is 69.3 Å². The van der Waals surface area contributed by atoms with Crippen molar-refractivity contribution in [3.63, 3.8) is 0 Å². The van der Waals surface area contributed by atoms with Crippen molar-refractivity contribution in [3.8, 4) is 5.75 Å². The average Bonchev–Trinajstić information content (AvgIpc) is 3.07. The van der Waals surface area contributed by atoms with E-state index in [9.17, 15) is 18.0 Å². The van der Waals surface area contributed by atoms with Crippen LogP contribution in [0, 0.1) is 5.92 Å². The minimum absolute atomic E-state index is 0.00988. The van der Waals surface area contributed by atoms with Gasteiger partial charge in [0.1, 0.15) is 11.3 Å². The Morgan fingerprint density at radius 3 is 2.54 bits per heavy atom. The molecule has 1 aromatic heterocycles. The van der Waals surface area contributed by atoms with Crippen molar-refractivity contribution in [1.29, 1.82) is 0 Å². The maximum absolute atomic E-state index is 13.6. The van der Waals surface area contributed by atoms with Crippen molar-refractivity contribution in [2.24, 2.45) is 5.92 Å². The first-order valence-corrected chi connectivity index (χ1v) is 10.2. The first-order chi connectivity index (χ1) is 13.1. The predicted molar refractivity (Wildman–Crippen MR) is 103 cm³/mol. The van der Waals surface area contributed by atoms with Crippen molar-refractivity contribution in [2.75, 3.05) is 20.2 Å². The highest BCUT2D eigenvalue weighted by Gasteiger charge is 2.48. The van der Waals surface area contributed by atoms with Crippen LogP contribution in [-0.2, 0) is 6.18 Å². The summed E-state index contributed by atoms with van der Waals surface area (Å²) in [6, 6.07) is 4.40. The molecule has 3 aliphatic heterocycles. The molecule has 1 N–H and O–H groups in total. The smallest absolute Gasteiger partial charge is 0.421 e. The molecule has 28 heavy (non-hydrogen) atoms. The van der Waals surface area contributed by atoms with E-state index >= 15 is 0 Å². The summed E-state index contributed by atoms with van der Waals surface area (Å²) in [5.41, 5.74) is -0.979. The molecule has 2 bridgehead atoms. The number of hydrogen-bond donors (Lipinski definition) is 1. The van der Waals surface area contributed by atoms with Crippen LogP contribution in [0.25, 0.3) is 10.1 Å². The Kier molecular flexibility index (Phi) is 4.62. The SMILES string of the molecule is COc1ccc2cc(C(=O)N[C@@H]3C4CCN(CC4)C3(C)C)sc2c1C(F)(F)F. The van der Waals surface area contributed by atoms with E-state index in [1.165, 1.54) is 13.2 Å². The number of nitrogens with one attached hydrogen (secondary N) is 1. The number of rotatable bonds is 3. The van der Waals surface area contributed by atoms with Crippen LogP contribution in [0.15, 0.2) is 18.2 Å². The van der Waals surface area contributed by atoms with Gasteiger partial charge in [-0.3, -0.25) is 9.69 Å². The average molecular weight is 412 g/mol. The second kappa shape index (κ2) is 6.62. The largest absolute Gasteiger partial charge is 0.496 e. The number of amides is 1. The molecule has 4 nitrogen and oxygen atoms in total. The maximum atomic E-state index is 13.6. The summed E-state index contributed by atoms with van der Waals surface area (Å²) >= 11 is 0.872. The minimum atomic E-state index is -4.55. The normalized spacial score (nSPS) is 26.4. The Hall–Kier alpha value is -1.80. The Labute approximate surface area is 165 Å². The monoisotopic (exact) mass is 412 g/mol. The number of halogens is 3. The molecule has 1 aromatic carbocycles. The van der Waals surface area contributed by atoms with Crippen LogP contribution in [0.2, 0.25) is 0 Å². The van der Waals surface area contributed by atoms with Crippen molar-refractivity contribution in [3.05, 3.63) is 28.6 Å². The van der Waals surface area contributed by atoms with Gasteiger partial charge in [-0.2, -0.15) is 13.2 Å². The van der Waals surface area contributed by atoms with Crippen molar-refractivity contribution in [1.82, 2.24) is 10.2 Å². The molecule has 4 heterocycles. The fourth-order valence-corrected chi connectivity index (χ4v) is 5.85. The molecule has 2 aromatic rings. The highest BCUT2D eigenvalue weighted by Crippen LogP contribution is 2.44. The van der Waals surface area contributed by atoms with Crippen LogP contribution in [0.4, 0.5) is 13.2 Å². The lowest BCUT2D eigenvalue weighted by atomic mass is 9.72. The van der Waals surface area contributed by atoms with E-state index in [1.54, 1.807) is 12.1 Å². The van der Waals surface area contributed by atoms with Crippen LogP contribution >= 0.6 is 11.3 Å². The molecule has 0 saturated carbocycles. The fraction of sp³-hybridized carbons (Fsp3) is 0.550. The summed E-state index contributed by atoms with van der Waals surface area (Å²) in [5.74, 6) is -0.128. The Morgan fingerprint density at radius 1 is 1.29 bits per heavy atom. The van der Waals surface area contributed by atoms with Crippen molar-refractivity contribution >= 4 is 27.3 Å². The van der Waals surface area contributed by atoms with E-state index in [0.29, 0.717) is 16.2 Å². The summed E-state index contributed by atoms with van der Waals surface area (Å²) in [6.07, 6.45) is -2.48. The molecule has 8 heteroatoms. The minimum Gasteiger partial charge on any atom is -0.496 e. The second-order valence-electron chi connectivity index (χ2n) is 8.10. The summed E-state index contributed by atoms with van der Waals surface area (Å²) in [7, 11) is 1.22. The van der Waals surface area contributed by atoms with Crippen LogP contribution < -0.4 is 10.1 Å². The van der Waals surface area contributed by atoms with Crippen molar-refractivity contribution in [2.45, 2.75) is 44.4 Å². The predicted octanol–water partition coefficient (Wildman–Crippen LogP) is 4.53. The molecule has 5 rings (SSSR count). The molecule has 0 spiro atoms. The number of benzene rings is 1. The van der Waals surface area contributed by atoms with Crippen molar-refractivity contribution < 1.29 is 22.7 Å². The highest BCUT2D eigenvalue weighted by atomic mass is 32.1. The summed E-state index contributed by atoms with van der Waals surface area (Å²) in [4.78, 5) is 15.6. The number of methoxy groups -OCH3 is 1. The lowest BCUT2D eigenvalue weighted by Gasteiger charge is -2.56. The molecular formula is C20H23F3N2O2S. The Morgan fingerprint density at radius 2 is 1.96 bits per heavy atom. The second-order valence-corrected chi connectivity index (χ2v) is 9.15. The summed E-state index contributed by atoms with van der Waals surface area (Å²) < 4.78 is 45.7. The number of carbonyl (C=O) groups is 1. The topological polar surface area (TPSA) is 41.6 Å². The number of piperidine rings is 3. The molecule has 3 fully saturated rings. The van der Waals surface area contributed by atoms with Gasteiger partial charge >= 0.3 is 6.18 Å². The van der Waals surface area contributed by atoms with Gasteiger partial charge in [-0.15, -0.1) is 11.3 Å². The molecule has 0 aliphatic carbocycles. The lowest BCUT2D eigenvalue weighted by Crippen LogP contribution is -2.69. The Balaban J connectivity index is 1.67. The van der Waals surface area contributed by atoms with Gasteiger partial charge in [0, 0.05) is 11.6 Å². The number of fused-ring (bicyclic) bond motifs is 4. The third-order valence-corrected chi connectivity index (χ3v) is 7.42. The van der Waals surface area contributed by atoms with E-state index in [-0.39, 0.29) is 27.9 Å². The van der Waals surface area contributed by atoms with E-state index < -0.39 is 11.7 Å². The zero-order valence-electron chi connectivity index (χ0n) is 16.0. The van der Waals surface area contributed by atoms with Gasteiger partial charge in [0.25, 0.3) is 5.91 Å². The van der Waals surface area contributed by atoms with Gasteiger partial charge < -0.3 is 10.1 Å². The number of ether oxygens (including phenoxy) is 1. The first-order valence-electron chi connectivity index (χ1n) is 9.36. The van der Waals surface area contributed by atoms with Gasteiger partial charge in [-0.25, -0.2) is 0 Å². The third kappa shape index (κ3) is 3.06. The van der Waals surface area contributed by atoms with Crippen LogP contribution in [0.3, 0.4) is 0 Å². The zero-order valence-corrected chi connectivity index (χ0v) is 16.8. The van der Waals surface area contributed by atoms with Gasteiger partial charge in [0.15, 0.2) is 0 Å². The van der Waals surface area contributed by atoms with Crippen LogP contribution in [-0.4, -0.2) is 42.6 Å². The van der Waals surface area contributed by atoms with E-state index in [2.05, 4.69) is 24.1 Å². The molecule has 3 saturated heterocycles. The van der Waals surface area contributed by atoms with Crippen LogP contribution in [0.1, 0.15) is 41.9 Å². The molecule has 3 aliphatic rings. The highest BCUT2D eigenvalue weighted by molar-refractivity contribution is 7.21. The molecule has 1 amide bonds. The summed E-state index contributed by atoms with van der Waals surface area (Å²) in [6.45, 7) is 6.31. The fourth-order valence-electron chi connectivity index (χ4n) is 4.72. The number of thiophene rings is 1. The standard InChI is InChI=1S/C20H23F3N2O2S/c1-19(2)17(11-6-8-25(19)9-7-11)24-18(26)14-10-12-4-5-13(27-3)15(16(12)28-14)20(21,22)23/h4-5,10-11,17H,6-9H2,1-3H3,(H,24,26)/t17-/m1/s1. The number of alkyl halides is 3. The quantitative estimate of drug-likeness (QED) is 0.805. The zero-order chi connectivity index (χ0) is 20.3. The number of nitrogens with zero attached hydrogens (tertiary/aromatic N) is 1. The molecule has 152 valence electrons. The van der Waals surface area contributed by atoms with Crippen LogP contribution in [0.5, 0.6) is 5.75 Å².